The molecule has 13 heteroatoms. The standard InChI is InChI=1S/C15H19Cl3O10/c1-2-8(19)26-13-12(27-10(21)4-17)7(6-24-9(20)3-16)25-15(23)14(13)28-11(22)5-18/h7,12-15,23H,2-6H2,1H3/t7?,12-,13?,14+,15+/m0/s1. The largest absolute Gasteiger partial charge is 0.462 e. The number of rotatable bonds is 9. The second kappa shape index (κ2) is 12.3. The summed E-state index contributed by atoms with van der Waals surface area (Å²) in [6.45, 7) is 0.997. The second-order valence-corrected chi connectivity index (χ2v) is 6.17. The number of aliphatic hydroxyl groups is 1. The Labute approximate surface area is 175 Å². The maximum Gasteiger partial charge on any atom is 0.321 e. The van der Waals surface area contributed by atoms with Crippen LogP contribution in [0, 0.1) is 0 Å². The fourth-order valence-corrected chi connectivity index (χ4v) is 2.45. The topological polar surface area (TPSA) is 135 Å². The Morgan fingerprint density at radius 3 is 1.82 bits per heavy atom. The van der Waals surface area contributed by atoms with Gasteiger partial charge in [-0.2, -0.15) is 0 Å². The molecular formula is C15H19Cl3O10. The van der Waals surface area contributed by atoms with Gasteiger partial charge in [-0.1, -0.05) is 6.92 Å². The van der Waals surface area contributed by atoms with E-state index in [2.05, 4.69) is 0 Å². The number of hydrogen-bond donors (Lipinski definition) is 1. The molecule has 0 saturated carbocycles. The van der Waals surface area contributed by atoms with Crippen molar-refractivity contribution < 1.29 is 48.0 Å². The summed E-state index contributed by atoms with van der Waals surface area (Å²) in [5.41, 5.74) is 0. The van der Waals surface area contributed by atoms with Gasteiger partial charge >= 0.3 is 23.9 Å². The molecule has 1 aliphatic heterocycles. The maximum absolute atomic E-state index is 11.8. The third-order valence-corrected chi connectivity index (χ3v) is 4.09. The Morgan fingerprint density at radius 2 is 1.32 bits per heavy atom. The predicted molar refractivity (Wildman–Crippen MR) is 93.9 cm³/mol. The van der Waals surface area contributed by atoms with Gasteiger partial charge in [0.15, 0.2) is 24.6 Å². The predicted octanol–water partition coefficient (Wildman–Crippen LogP) is 0.109. The highest BCUT2D eigenvalue weighted by molar-refractivity contribution is 6.27. The molecule has 10 nitrogen and oxygen atoms in total. The van der Waals surface area contributed by atoms with Crippen LogP contribution in [0.1, 0.15) is 13.3 Å². The summed E-state index contributed by atoms with van der Waals surface area (Å²) in [5, 5.41) is 10.2. The quantitative estimate of drug-likeness (QED) is 0.284. The van der Waals surface area contributed by atoms with Gasteiger partial charge in [-0.3, -0.25) is 19.2 Å². The van der Waals surface area contributed by atoms with Crippen molar-refractivity contribution in [1.29, 1.82) is 0 Å². The SMILES string of the molecule is CCC(=O)OC1[C@@H](OC(=O)CCl)C(COC(=O)CCl)O[C@@H](O)[C@@H]1OC(=O)CCl. The van der Waals surface area contributed by atoms with Crippen molar-refractivity contribution in [2.75, 3.05) is 24.2 Å². The Kier molecular flexibility index (Phi) is 10.8. The van der Waals surface area contributed by atoms with E-state index in [0.717, 1.165) is 0 Å². The molecule has 160 valence electrons. The van der Waals surface area contributed by atoms with Crippen LogP contribution < -0.4 is 0 Å². The molecule has 1 aliphatic rings. The summed E-state index contributed by atoms with van der Waals surface area (Å²) in [7, 11) is 0. The Hall–Kier alpha value is -1.33. The summed E-state index contributed by atoms with van der Waals surface area (Å²) in [4.78, 5) is 46.4. The van der Waals surface area contributed by atoms with E-state index in [9.17, 15) is 24.3 Å². The summed E-state index contributed by atoms with van der Waals surface area (Å²) in [5.74, 6) is -4.96. The molecule has 0 aromatic rings. The first-order chi connectivity index (χ1) is 13.3. The lowest BCUT2D eigenvalue weighted by Crippen LogP contribution is -2.62. The van der Waals surface area contributed by atoms with Crippen LogP contribution in [0.3, 0.4) is 0 Å². The lowest BCUT2D eigenvalue weighted by Gasteiger charge is -2.42. The van der Waals surface area contributed by atoms with Crippen LogP contribution in [-0.4, -0.2) is 83.9 Å². The average molecular weight is 466 g/mol. The van der Waals surface area contributed by atoms with Crippen molar-refractivity contribution >= 4 is 58.7 Å². The number of hydrogen-bond acceptors (Lipinski definition) is 10. The molecule has 0 aromatic carbocycles. The molecule has 1 saturated heterocycles. The average Bonchev–Trinajstić information content (AvgIpc) is 2.69. The van der Waals surface area contributed by atoms with E-state index in [-0.39, 0.29) is 6.42 Å². The smallest absolute Gasteiger partial charge is 0.321 e. The Bertz CT molecular complexity index is 572. The zero-order valence-corrected chi connectivity index (χ0v) is 16.9. The van der Waals surface area contributed by atoms with Crippen molar-refractivity contribution in [3.63, 3.8) is 0 Å². The molecule has 1 rings (SSSR count). The second-order valence-electron chi connectivity index (χ2n) is 5.37. The summed E-state index contributed by atoms with van der Waals surface area (Å²) in [6, 6.07) is 0. The van der Waals surface area contributed by atoms with E-state index in [4.69, 9.17) is 58.5 Å². The van der Waals surface area contributed by atoms with Gasteiger partial charge in [0.25, 0.3) is 0 Å². The monoisotopic (exact) mass is 464 g/mol. The van der Waals surface area contributed by atoms with Gasteiger partial charge in [-0.15, -0.1) is 34.8 Å². The van der Waals surface area contributed by atoms with Crippen molar-refractivity contribution in [1.82, 2.24) is 0 Å². The van der Waals surface area contributed by atoms with E-state index in [0.29, 0.717) is 0 Å². The zero-order valence-electron chi connectivity index (χ0n) is 14.7. The number of alkyl halides is 3. The number of esters is 4. The van der Waals surface area contributed by atoms with Crippen molar-refractivity contribution in [3.8, 4) is 0 Å². The minimum absolute atomic E-state index is 0.0638. The van der Waals surface area contributed by atoms with Crippen LogP contribution in [0.25, 0.3) is 0 Å². The van der Waals surface area contributed by atoms with Gasteiger partial charge in [0.1, 0.15) is 30.4 Å². The van der Waals surface area contributed by atoms with Crippen LogP contribution in [0.2, 0.25) is 0 Å². The molecule has 0 aliphatic carbocycles. The first kappa shape index (κ1) is 24.7. The lowest BCUT2D eigenvalue weighted by atomic mass is 9.98. The highest BCUT2D eigenvalue weighted by atomic mass is 35.5. The van der Waals surface area contributed by atoms with Crippen LogP contribution in [0.5, 0.6) is 0 Å². The number of aliphatic hydroxyl groups excluding tert-OH is 1. The number of carbonyl (C=O) groups excluding carboxylic acids is 4. The third kappa shape index (κ3) is 7.25. The molecule has 0 bridgehead atoms. The Balaban J connectivity index is 3.17. The van der Waals surface area contributed by atoms with Crippen molar-refractivity contribution in [2.45, 2.75) is 44.1 Å². The molecule has 1 heterocycles. The molecule has 0 amide bonds. The molecule has 28 heavy (non-hydrogen) atoms. The van der Waals surface area contributed by atoms with Gasteiger partial charge in [0.05, 0.1) is 0 Å². The number of ether oxygens (including phenoxy) is 5. The van der Waals surface area contributed by atoms with E-state index in [1.54, 1.807) is 0 Å². The summed E-state index contributed by atoms with van der Waals surface area (Å²) in [6.07, 6.45) is -7.58. The molecule has 0 radical (unpaired) electrons. The van der Waals surface area contributed by atoms with Gasteiger partial charge in [0, 0.05) is 6.42 Å². The highest BCUT2D eigenvalue weighted by Gasteiger charge is 2.52. The molecule has 0 spiro atoms. The summed E-state index contributed by atoms with van der Waals surface area (Å²) >= 11 is 16.2. The van der Waals surface area contributed by atoms with Gasteiger partial charge < -0.3 is 28.8 Å². The van der Waals surface area contributed by atoms with E-state index in [1.807, 2.05) is 0 Å². The number of carbonyl (C=O) groups is 4. The molecule has 1 N–H and O–H groups in total. The van der Waals surface area contributed by atoms with Crippen molar-refractivity contribution in [2.24, 2.45) is 0 Å². The fraction of sp³-hybridized carbons (Fsp3) is 0.733. The van der Waals surface area contributed by atoms with E-state index < -0.39 is 78.8 Å². The van der Waals surface area contributed by atoms with E-state index in [1.165, 1.54) is 6.92 Å². The van der Waals surface area contributed by atoms with Crippen LogP contribution >= 0.6 is 34.8 Å². The van der Waals surface area contributed by atoms with Gasteiger partial charge in [0.2, 0.25) is 0 Å². The molecular weight excluding hydrogens is 447 g/mol. The highest BCUT2D eigenvalue weighted by Crippen LogP contribution is 2.28. The first-order valence-electron chi connectivity index (χ1n) is 8.02. The first-order valence-corrected chi connectivity index (χ1v) is 9.63. The van der Waals surface area contributed by atoms with Crippen LogP contribution in [0.15, 0.2) is 0 Å². The minimum Gasteiger partial charge on any atom is -0.462 e. The Morgan fingerprint density at radius 1 is 0.821 bits per heavy atom. The minimum atomic E-state index is -1.80. The number of halogens is 3. The van der Waals surface area contributed by atoms with E-state index >= 15 is 0 Å². The zero-order chi connectivity index (χ0) is 21.3. The lowest BCUT2D eigenvalue weighted by molar-refractivity contribution is -0.296. The van der Waals surface area contributed by atoms with Gasteiger partial charge in [-0.25, -0.2) is 0 Å². The fourth-order valence-electron chi connectivity index (χ4n) is 2.25. The molecule has 2 unspecified atom stereocenters. The molecule has 5 atom stereocenters. The third-order valence-electron chi connectivity index (χ3n) is 3.44. The maximum atomic E-state index is 11.8. The normalized spacial score (nSPS) is 26.8. The molecule has 1 fully saturated rings. The molecule has 0 aromatic heterocycles. The summed E-state index contributed by atoms with van der Waals surface area (Å²) < 4.78 is 25.4. The van der Waals surface area contributed by atoms with Crippen molar-refractivity contribution in [3.05, 3.63) is 0 Å². The van der Waals surface area contributed by atoms with Gasteiger partial charge in [-0.05, 0) is 0 Å². The van der Waals surface area contributed by atoms with Crippen LogP contribution in [-0.2, 0) is 42.9 Å². The van der Waals surface area contributed by atoms with Crippen LogP contribution in [0.4, 0.5) is 0 Å².